The third-order valence-corrected chi connectivity index (χ3v) is 4.29. The van der Waals surface area contributed by atoms with Gasteiger partial charge in [-0.25, -0.2) is 0 Å². The summed E-state index contributed by atoms with van der Waals surface area (Å²) in [7, 11) is 0. The van der Waals surface area contributed by atoms with Gasteiger partial charge in [0.1, 0.15) is 11.5 Å². The first-order valence-corrected chi connectivity index (χ1v) is 8.71. The van der Waals surface area contributed by atoms with Crippen LogP contribution in [0.2, 0.25) is 5.02 Å². The molecule has 0 saturated carbocycles. The zero-order valence-electron chi connectivity index (χ0n) is 14.6. The summed E-state index contributed by atoms with van der Waals surface area (Å²) in [6.07, 6.45) is 4.04. The van der Waals surface area contributed by atoms with E-state index in [-0.39, 0.29) is 0 Å². The predicted octanol–water partition coefficient (Wildman–Crippen LogP) is 5.68. The molecular weight excluding hydrogens is 296 g/mol. The molecule has 1 aromatic rings. The Balaban J connectivity index is 2.97. The number of ketones is 1. The van der Waals surface area contributed by atoms with Crippen LogP contribution >= 0.6 is 11.6 Å². The Morgan fingerprint density at radius 1 is 1.27 bits per heavy atom. The van der Waals surface area contributed by atoms with Gasteiger partial charge in [0.2, 0.25) is 0 Å². The lowest BCUT2D eigenvalue weighted by molar-refractivity contribution is -0.119. The van der Waals surface area contributed by atoms with Gasteiger partial charge in [-0.05, 0) is 61.8 Å². The zero-order chi connectivity index (χ0) is 16.7. The van der Waals surface area contributed by atoms with Gasteiger partial charge in [0, 0.05) is 17.9 Å². The molecule has 3 heteroatoms. The van der Waals surface area contributed by atoms with E-state index < -0.39 is 0 Å². The SMILES string of the molecule is CCCOc1c(C)cc(Cl)c(C)c1CC(C)CC(=O)CCC. The Morgan fingerprint density at radius 2 is 1.95 bits per heavy atom. The molecule has 0 amide bonds. The molecule has 0 spiro atoms. The summed E-state index contributed by atoms with van der Waals surface area (Å²) >= 11 is 6.34. The number of benzene rings is 1. The monoisotopic (exact) mass is 324 g/mol. The summed E-state index contributed by atoms with van der Waals surface area (Å²) in [5.41, 5.74) is 3.31. The zero-order valence-corrected chi connectivity index (χ0v) is 15.3. The van der Waals surface area contributed by atoms with E-state index in [9.17, 15) is 4.79 Å². The summed E-state index contributed by atoms with van der Waals surface area (Å²) in [6, 6.07) is 1.97. The summed E-state index contributed by atoms with van der Waals surface area (Å²) in [6.45, 7) is 11.1. The molecule has 1 atom stereocenters. The van der Waals surface area contributed by atoms with Crippen molar-refractivity contribution in [2.24, 2.45) is 5.92 Å². The number of Topliss-reactive ketones (excluding diaryl/α,β-unsaturated/α-hetero) is 1. The first-order valence-electron chi connectivity index (χ1n) is 8.33. The average molecular weight is 325 g/mol. The molecule has 0 saturated heterocycles. The van der Waals surface area contributed by atoms with E-state index in [4.69, 9.17) is 16.3 Å². The number of hydrogen-bond donors (Lipinski definition) is 0. The minimum Gasteiger partial charge on any atom is -0.493 e. The molecule has 1 rings (SSSR count). The largest absolute Gasteiger partial charge is 0.493 e. The first-order chi connectivity index (χ1) is 10.4. The highest BCUT2D eigenvalue weighted by molar-refractivity contribution is 6.31. The van der Waals surface area contributed by atoms with Gasteiger partial charge in [0.05, 0.1) is 6.61 Å². The minimum atomic E-state index is 0.305. The second-order valence-corrected chi connectivity index (χ2v) is 6.67. The summed E-state index contributed by atoms with van der Waals surface area (Å²) in [5.74, 6) is 1.61. The number of ether oxygens (including phenoxy) is 1. The molecule has 0 aliphatic heterocycles. The lowest BCUT2D eigenvalue weighted by atomic mass is 9.91. The maximum atomic E-state index is 11.9. The average Bonchev–Trinajstić information content (AvgIpc) is 2.44. The molecule has 0 heterocycles. The minimum absolute atomic E-state index is 0.305. The predicted molar refractivity (Wildman–Crippen MR) is 94.1 cm³/mol. The summed E-state index contributed by atoms with van der Waals surface area (Å²) in [4.78, 5) is 11.9. The number of halogens is 1. The van der Waals surface area contributed by atoms with Crippen LogP contribution in [0, 0.1) is 19.8 Å². The molecule has 2 nitrogen and oxygen atoms in total. The van der Waals surface area contributed by atoms with Gasteiger partial charge < -0.3 is 4.74 Å². The molecule has 0 bridgehead atoms. The van der Waals surface area contributed by atoms with Gasteiger partial charge in [0.15, 0.2) is 0 Å². The topological polar surface area (TPSA) is 26.3 Å². The van der Waals surface area contributed by atoms with Crippen molar-refractivity contribution >= 4 is 17.4 Å². The Kier molecular flexibility index (Phi) is 7.95. The van der Waals surface area contributed by atoms with E-state index in [1.807, 2.05) is 26.8 Å². The van der Waals surface area contributed by atoms with Crippen molar-refractivity contribution in [3.05, 3.63) is 27.8 Å². The lowest BCUT2D eigenvalue weighted by Gasteiger charge is -2.20. The van der Waals surface area contributed by atoms with Crippen LogP contribution in [0.15, 0.2) is 6.07 Å². The number of aryl methyl sites for hydroxylation is 1. The van der Waals surface area contributed by atoms with Crippen LogP contribution in [0.4, 0.5) is 0 Å². The molecule has 0 N–H and O–H groups in total. The van der Waals surface area contributed by atoms with Gasteiger partial charge in [-0.15, -0.1) is 0 Å². The maximum Gasteiger partial charge on any atom is 0.133 e. The van der Waals surface area contributed by atoms with Crippen molar-refractivity contribution in [1.82, 2.24) is 0 Å². The van der Waals surface area contributed by atoms with E-state index in [1.54, 1.807) is 0 Å². The van der Waals surface area contributed by atoms with Gasteiger partial charge in [-0.1, -0.05) is 32.4 Å². The van der Waals surface area contributed by atoms with Crippen molar-refractivity contribution in [2.75, 3.05) is 6.61 Å². The molecule has 0 aromatic heterocycles. The van der Waals surface area contributed by atoms with Crippen LogP contribution in [-0.2, 0) is 11.2 Å². The van der Waals surface area contributed by atoms with Crippen LogP contribution in [0.5, 0.6) is 5.75 Å². The quantitative estimate of drug-likeness (QED) is 0.583. The second kappa shape index (κ2) is 9.19. The van der Waals surface area contributed by atoms with Crippen molar-refractivity contribution in [1.29, 1.82) is 0 Å². The maximum absolute atomic E-state index is 11.9. The highest BCUT2D eigenvalue weighted by atomic mass is 35.5. The number of carbonyl (C=O) groups is 1. The first kappa shape index (κ1) is 19.0. The Morgan fingerprint density at radius 3 is 2.55 bits per heavy atom. The molecule has 0 aliphatic carbocycles. The van der Waals surface area contributed by atoms with Gasteiger partial charge in [0.25, 0.3) is 0 Å². The van der Waals surface area contributed by atoms with E-state index >= 15 is 0 Å². The van der Waals surface area contributed by atoms with Crippen LogP contribution < -0.4 is 4.74 Å². The van der Waals surface area contributed by atoms with Gasteiger partial charge in [-0.2, -0.15) is 0 Å². The fourth-order valence-corrected chi connectivity index (χ4v) is 3.04. The molecule has 1 unspecified atom stereocenters. The fourth-order valence-electron chi connectivity index (χ4n) is 2.76. The number of hydrogen-bond acceptors (Lipinski definition) is 2. The van der Waals surface area contributed by atoms with E-state index in [0.717, 1.165) is 46.7 Å². The lowest BCUT2D eigenvalue weighted by Crippen LogP contribution is -2.11. The molecule has 0 radical (unpaired) electrons. The van der Waals surface area contributed by atoms with Crippen LogP contribution in [0.1, 0.15) is 63.1 Å². The van der Waals surface area contributed by atoms with Crippen molar-refractivity contribution in [3.8, 4) is 5.75 Å². The van der Waals surface area contributed by atoms with Crippen LogP contribution in [-0.4, -0.2) is 12.4 Å². The Hall–Kier alpha value is -1.02. The number of carbonyl (C=O) groups excluding carboxylic acids is 1. The second-order valence-electron chi connectivity index (χ2n) is 6.26. The van der Waals surface area contributed by atoms with Crippen LogP contribution in [0.25, 0.3) is 0 Å². The third kappa shape index (κ3) is 5.31. The van der Waals surface area contributed by atoms with Crippen molar-refractivity contribution < 1.29 is 9.53 Å². The molecule has 1 aromatic carbocycles. The van der Waals surface area contributed by atoms with Crippen molar-refractivity contribution in [3.63, 3.8) is 0 Å². The van der Waals surface area contributed by atoms with Crippen LogP contribution in [0.3, 0.4) is 0 Å². The highest BCUT2D eigenvalue weighted by Crippen LogP contribution is 2.34. The molecule has 0 aliphatic rings. The smallest absolute Gasteiger partial charge is 0.133 e. The van der Waals surface area contributed by atoms with E-state index in [1.165, 1.54) is 0 Å². The molecular formula is C19H29ClO2. The van der Waals surface area contributed by atoms with Gasteiger partial charge in [-0.3, -0.25) is 4.79 Å². The normalized spacial score (nSPS) is 12.3. The molecule has 124 valence electrons. The number of rotatable bonds is 9. The highest BCUT2D eigenvalue weighted by Gasteiger charge is 2.18. The van der Waals surface area contributed by atoms with Gasteiger partial charge >= 0.3 is 0 Å². The molecule has 0 fully saturated rings. The third-order valence-electron chi connectivity index (χ3n) is 3.89. The standard InChI is InChI=1S/C19H29ClO2/c1-6-8-16(21)10-13(3)11-17-15(5)18(20)12-14(4)19(17)22-9-7-2/h12-13H,6-11H2,1-5H3. The fraction of sp³-hybridized carbons (Fsp3) is 0.632. The Bertz CT molecular complexity index is 509. The summed E-state index contributed by atoms with van der Waals surface area (Å²) < 4.78 is 5.96. The Labute approximate surface area is 140 Å². The summed E-state index contributed by atoms with van der Waals surface area (Å²) in [5, 5.41) is 0.781. The van der Waals surface area contributed by atoms with E-state index in [2.05, 4.69) is 13.8 Å². The van der Waals surface area contributed by atoms with Crippen molar-refractivity contribution in [2.45, 2.75) is 66.7 Å². The molecule has 22 heavy (non-hydrogen) atoms. The van der Waals surface area contributed by atoms with E-state index in [0.29, 0.717) is 31.1 Å².